The van der Waals surface area contributed by atoms with Gasteiger partial charge in [0.25, 0.3) is 0 Å². The highest BCUT2D eigenvalue weighted by atomic mass is 16.5. The second-order valence-corrected chi connectivity index (χ2v) is 5.11. The third-order valence-corrected chi connectivity index (χ3v) is 3.08. The van der Waals surface area contributed by atoms with E-state index in [0.29, 0.717) is 6.42 Å². The van der Waals surface area contributed by atoms with E-state index in [1.807, 2.05) is 52.0 Å². The minimum Gasteiger partial charge on any atom is -0.491 e. The van der Waals surface area contributed by atoms with Crippen molar-refractivity contribution in [1.29, 1.82) is 0 Å². The predicted molar refractivity (Wildman–Crippen MR) is 79.9 cm³/mol. The van der Waals surface area contributed by atoms with Gasteiger partial charge < -0.3 is 9.47 Å². The average Bonchev–Trinajstić information content (AvgIpc) is 2.43. The number of carbonyl (C=O) groups is 1. The molecule has 112 valence electrons. The number of hydrogen-bond donors (Lipinski definition) is 1. The zero-order valence-corrected chi connectivity index (χ0v) is 13.0. The van der Waals surface area contributed by atoms with Crippen LogP contribution in [0, 0.1) is 0 Å². The SMILES string of the molecule is CCC(NC(C)c1cccc(OC(C)C)c1)C(=O)OC. The van der Waals surface area contributed by atoms with Gasteiger partial charge in [-0.25, -0.2) is 0 Å². The van der Waals surface area contributed by atoms with Crippen LogP contribution >= 0.6 is 0 Å². The van der Waals surface area contributed by atoms with Gasteiger partial charge in [-0.15, -0.1) is 0 Å². The third kappa shape index (κ3) is 4.85. The molecule has 2 atom stereocenters. The van der Waals surface area contributed by atoms with Crippen molar-refractivity contribution in [2.45, 2.75) is 52.3 Å². The van der Waals surface area contributed by atoms with Crippen molar-refractivity contribution < 1.29 is 14.3 Å². The van der Waals surface area contributed by atoms with Gasteiger partial charge in [0.1, 0.15) is 11.8 Å². The molecular formula is C16H25NO3. The fourth-order valence-corrected chi connectivity index (χ4v) is 2.02. The predicted octanol–water partition coefficient (Wildman–Crippen LogP) is 3.08. The van der Waals surface area contributed by atoms with Gasteiger partial charge in [0.15, 0.2) is 0 Å². The summed E-state index contributed by atoms with van der Waals surface area (Å²) in [5.41, 5.74) is 1.09. The maximum absolute atomic E-state index is 11.6. The molecule has 0 radical (unpaired) electrons. The van der Waals surface area contributed by atoms with E-state index in [1.54, 1.807) is 0 Å². The van der Waals surface area contributed by atoms with Crippen molar-refractivity contribution >= 4 is 5.97 Å². The van der Waals surface area contributed by atoms with Crippen LogP contribution in [0.2, 0.25) is 0 Å². The van der Waals surface area contributed by atoms with Crippen molar-refractivity contribution in [2.24, 2.45) is 0 Å². The van der Waals surface area contributed by atoms with Gasteiger partial charge in [-0.3, -0.25) is 10.1 Å². The van der Waals surface area contributed by atoms with Crippen LogP contribution in [0.15, 0.2) is 24.3 Å². The van der Waals surface area contributed by atoms with Crippen molar-refractivity contribution in [3.05, 3.63) is 29.8 Å². The van der Waals surface area contributed by atoms with E-state index in [1.165, 1.54) is 7.11 Å². The van der Waals surface area contributed by atoms with E-state index in [4.69, 9.17) is 9.47 Å². The summed E-state index contributed by atoms with van der Waals surface area (Å²) in [5.74, 6) is 0.617. The highest BCUT2D eigenvalue weighted by molar-refractivity contribution is 5.75. The molecule has 2 unspecified atom stereocenters. The van der Waals surface area contributed by atoms with Crippen LogP contribution in [0.25, 0.3) is 0 Å². The highest BCUT2D eigenvalue weighted by Gasteiger charge is 2.19. The van der Waals surface area contributed by atoms with Crippen LogP contribution in [-0.2, 0) is 9.53 Å². The molecule has 0 aliphatic heterocycles. The van der Waals surface area contributed by atoms with Gasteiger partial charge in [-0.05, 0) is 44.9 Å². The van der Waals surface area contributed by atoms with Gasteiger partial charge in [0.05, 0.1) is 13.2 Å². The Labute approximate surface area is 121 Å². The molecule has 0 aliphatic rings. The largest absolute Gasteiger partial charge is 0.491 e. The minimum atomic E-state index is -0.287. The lowest BCUT2D eigenvalue weighted by Gasteiger charge is -2.21. The Hall–Kier alpha value is -1.55. The number of benzene rings is 1. The van der Waals surface area contributed by atoms with Crippen molar-refractivity contribution in [2.75, 3.05) is 7.11 Å². The molecule has 0 saturated heterocycles. The molecule has 0 bridgehead atoms. The number of methoxy groups -OCH3 is 1. The first kappa shape index (κ1) is 16.5. The van der Waals surface area contributed by atoms with E-state index in [0.717, 1.165) is 11.3 Å². The van der Waals surface area contributed by atoms with E-state index >= 15 is 0 Å². The molecule has 4 nitrogen and oxygen atoms in total. The Balaban J connectivity index is 2.75. The first-order valence-corrected chi connectivity index (χ1v) is 7.08. The molecule has 0 aliphatic carbocycles. The molecule has 20 heavy (non-hydrogen) atoms. The summed E-state index contributed by atoms with van der Waals surface area (Å²) < 4.78 is 10.5. The molecule has 0 saturated carbocycles. The van der Waals surface area contributed by atoms with Crippen LogP contribution in [0.5, 0.6) is 5.75 Å². The van der Waals surface area contributed by atoms with Crippen LogP contribution in [-0.4, -0.2) is 25.2 Å². The average molecular weight is 279 g/mol. The van der Waals surface area contributed by atoms with E-state index in [9.17, 15) is 4.79 Å². The Kier molecular flexibility index (Phi) is 6.52. The van der Waals surface area contributed by atoms with E-state index in [2.05, 4.69) is 5.32 Å². The van der Waals surface area contributed by atoms with E-state index in [-0.39, 0.29) is 24.2 Å². The number of hydrogen-bond acceptors (Lipinski definition) is 4. The molecule has 0 heterocycles. The monoisotopic (exact) mass is 279 g/mol. The lowest BCUT2D eigenvalue weighted by molar-refractivity contribution is -0.143. The van der Waals surface area contributed by atoms with Gasteiger partial charge >= 0.3 is 5.97 Å². The van der Waals surface area contributed by atoms with Gasteiger partial charge in [-0.1, -0.05) is 19.1 Å². The molecule has 0 spiro atoms. The van der Waals surface area contributed by atoms with Crippen LogP contribution in [0.4, 0.5) is 0 Å². The molecule has 0 amide bonds. The Morgan fingerprint density at radius 3 is 2.55 bits per heavy atom. The van der Waals surface area contributed by atoms with Gasteiger partial charge in [0, 0.05) is 6.04 Å². The lowest BCUT2D eigenvalue weighted by atomic mass is 10.1. The topological polar surface area (TPSA) is 47.6 Å². The number of ether oxygens (including phenoxy) is 2. The lowest BCUT2D eigenvalue weighted by Crippen LogP contribution is -2.38. The molecular weight excluding hydrogens is 254 g/mol. The van der Waals surface area contributed by atoms with Crippen LogP contribution < -0.4 is 10.1 Å². The number of rotatable bonds is 7. The van der Waals surface area contributed by atoms with Crippen LogP contribution in [0.3, 0.4) is 0 Å². The van der Waals surface area contributed by atoms with Crippen LogP contribution in [0.1, 0.15) is 45.7 Å². The quantitative estimate of drug-likeness (QED) is 0.779. The standard InChI is InChI=1S/C16H25NO3/c1-6-15(16(18)19-5)17-12(4)13-8-7-9-14(10-13)20-11(2)3/h7-12,15,17H,6H2,1-5H3. The molecule has 1 aromatic rings. The Morgan fingerprint density at radius 1 is 1.30 bits per heavy atom. The maximum Gasteiger partial charge on any atom is 0.322 e. The molecule has 1 aromatic carbocycles. The summed E-state index contributed by atoms with van der Waals surface area (Å²) in [4.78, 5) is 11.6. The van der Waals surface area contributed by atoms with Crippen molar-refractivity contribution in [3.63, 3.8) is 0 Å². The number of esters is 1. The normalized spacial score (nSPS) is 13.9. The zero-order valence-electron chi connectivity index (χ0n) is 13.0. The highest BCUT2D eigenvalue weighted by Crippen LogP contribution is 2.20. The maximum atomic E-state index is 11.6. The molecule has 0 aromatic heterocycles. The second-order valence-electron chi connectivity index (χ2n) is 5.11. The molecule has 1 rings (SSSR count). The summed E-state index contributed by atoms with van der Waals surface area (Å²) in [6.45, 7) is 7.98. The summed E-state index contributed by atoms with van der Waals surface area (Å²) >= 11 is 0. The molecule has 4 heteroatoms. The van der Waals surface area contributed by atoms with Crippen molar-refractivity contribution in [3.8, 4) is 5.75 Å². The Bertz CT molecular complexity index is 431. The zero-order chi connectivity index (χ0) is 15.1. The summed E-state index contributed by atoms with van der Waals surface area (Å²) in [6, 6.07) is 7.69. The van der Waals surface area contributed by atoms with Gasteiger partial charge in [-0.2, -0.15) is 0 Å². The van der Waals surface area contributed by atoms with Crippen molar-refractivity contribution in [1.82, 2.24) is 5.32 Å². The first-order valence-electron chi connectivity index (χ1n) is 7.08. The van der Waals surface area contributed by atoms with Gasteiger partial charge in [0.2, 0.25) is 0 Å². The molecule has 0 fully saturated rings. The minimum absolute atomic E-state index is 0.0507. The fraction of sp³-hybridized carbons (Fsp3) is 0.562. The van der Waals surface area contributed by atoms with E-state index < -0.39 is 0 Å². The smallest absolute Gasteiger partial charge is 0.322 e. The third-order valence-electron chi connectivity index (χ3n) is 3.08. The summed E-state index contributed by atoms with van der Waals surface area (Å²) in [5, 5.41) is 3.28. The number of carbonyl (C=O) groups excluding carboxylic acids is 1. The summed E-state index contributed by atoms with van der Waals surface area (Å²) in [6.07, 6.45) is 0.839. The fourth-order valence-electron chi connectivity index (χ4n) is 2.02. The summed E-state index contributed by atoms with van der Waals surface area (Å²) in [7, 11) is 1.41. The Morgan fingerprint density at radius 2 is 2.00 bits per heavy atom. The second kappa shape index (κ2) is 7.90. The number of nitrogens with one attached hydrogen (secondary N) is 1. The first-order chi connectivity index (χ1) is 9.47. The molecule has 1 N–H and O–H groups in total.